The summed E-state index contributed by atoms with van der Waals surface area (Å²) in [4.78, 5) is 8.83. The van der Waals surface area contributed by atoms with E-state index in [1.165, 1.54) is 22.4 Å². The highest BCUT2D eigenvalue weighted by Gasteiger charge is 2.53. The Labute approximate surface area is 160 Å². The van der Waals surface area contributed by atoms with Crippen LogP contribution in [0, 0.1) is 0 Å². The van der Waals surface area contributed by atoms with E-state index in [1.807, 2.05) is 12.1 Å². The molecular weight excluding hydrogens is 376 g/mol. The molecule has 2 heterocycles. The minimum Gasteiger partial charge on any atom is -0.340 e. The average Bonchev–Trinajstić information content (AvgIpc) is 2.80. The number of hydroxylamine groups is 2. The normalized spacial score (nSPS) is 25.4. The molecule has 136 valence electrons. The van der Waals surface area contributed by atoms with Gasteiger partial charge in [0.2, 0.25) is 0 Å². The first-order valence-electron chi connectivity index (χ1n) is 9.05. The lowest BCUT2D eigenvalue weighted by atomic mass is 9.74. The topological polar surface area (TPSA) is 15.7 Å². The molecule has 0 saturated carbocycles. The van der Waals surface area contributed by atoms with Gasteiger partial charge in [0.05, 0.1) is 0 Å². The third-order valence-electron chi connectivity index (χ3n) is 5.28. The zero-order valence-corrected chi connectivity index (χ0v) is 17.6. The molecule has 2 atom stereocenters. The molecule has 4 heteroatoms. The molecule has 3 rings (SSSR count). The summed E-state index contributed by atoms with van der Waals surface area (Å²) < 4.78 is 1.12. The van der Waals surface area contributed by atoms with Crippen molar-refractivity contribution in [1.82, 2.24) is 5.06 Å². The van der Waals surface area contributed by atoms with Crippen LogP contribution in [0.1, 0.15) is 46.1 Å². The Balaban J connectivity index is 2.10. The number of nitrogens with zero attached hydrogens (tertiary/aromatic N) is 2. The van der Waals surface area contributed by atoms with Crippen LogP contribution < -0.4 is 4.90 Å². The molecule has 25 heavy (non-hydrogen) atoms. The predicted octanol–water partition coefficient (Wildman–Crippen LogP) is 5.42. The van der Waals surface area contributed by atoms with Gasteiger partial charge in [-0.3, -0.25) is 4.84 Å². The third-order valence-corrected chi connectivity index (χ3v) is 5.78. The molecule has 0 aliphatic carbocycles. The van der Waals surface area contributed by atoms with E-state index in [-0.39, 0.29) is 11.6 Å². The Bertz CT molecular complexity index is 704. The Hall–Kier alpha value is -1.10. The molecule has 0 radical (unpaired) electrons. The average molecular weight is 405 g/mol. The maximum atomic E-state index is 6.40. The Kier molecular flexibility index (Phi) is 5.42. The van der Waals surface area contributed by atoms with Gasteiger partial charge in [-0.1, -0.05) is 45.3 Å². The molecule has 1 saturated heterocycles. The Morgan fingerprint density at radius 2 is 1.96 bits per heavy atom. The fourth-order valence-electron chi connectivity index (χ4n) is 3.89. The van der Waals surface area contributed by atoms with Crippen LogP contribution in [0.2, 0.25) is 0 Å². The maximum absolute atomic E-state index is 6.40. The fourth-order valence-corrected chi connectivity index (χ4v) is 4.24. The van der Waals surface area contributed by atoms with Crippen molar-refractivity contribution in [3.63, 3.8) is 0 Å². The second kappa shape index (κ2) is 7.26. The predicted molar refractivity (Wildman–Crippen MR) is 109 cm³/mol. The molecule has 3 nitrogen and oxygen atoms in total. The molecule has 2 aliphatic heterocycles. The van der Waals surface area contributed by atoms with E-state index in [0.29, 0.717) is 0 Å². The Morgan fingerprint density at radius 1 is 1.24 bits per heavy atom. The van der Waals surface area contributed by atoms with Crippen molar-refractivity contribution in [2.45, 2.75) is 52.2 Å². The summed E-state index contributed by atoms with van der Waals surface area (Å²) in [6, 6.07) is 6.71. The highest BCUT2D eigenvalue weighted by molar-refractivity contribution is 9.10. The molecule has 0 bridgehead atoms. The lowest BCUT2D eigenvalue weighted by Crippen LogP contribution is -2.54. The van der Waals surface area contributed by atoms with Gasteiger partial charge in [0.15, 0.2) is 6.23 Å². The van der Waals surface area contributed by atoms with E-state index < -0.39 is 0 Å². The van der Waals surface area contributed by atoms with Crippen LogP contribution in [-0.4, -0.2) is 31.4 Å². The summed E-state index contributed by atoms with van der Waals surface area (Å²) in [5.74, 6) is 0. The molecule has 1 fully saturated rings. The third kappa shape index (κ3) is 3.57. The molecule has 2 unspecified atom stereocenters. The molecular formula is C21H29BrN2O. The summed E-state index contributed by atoms with van der Waals surface area (Å²) in [5.41, 5.74) is 5.45. The van der Waals surface area contributed by atoms with Gasteiger partial charge in [-0.25, -0.2) is 0 Å². The van der Waals surface area contributed by atoms with Crippen LogP contribution in [0.4, 0.5) is 5.69 Å². The van der Waals surface area contributed by atoms with Gasteiger partial charge in [-0.2, -0.15) is 5.06 Å². The highest BCUT2D eigenvalue weighted by atomic mass is 79.9. The van der Waals surface area contributed by atoms with Crippen molar-refractivity contribution < 1.29 is 4.84 Å². The number of hydrogen-bond acceptors (Lipinski definition) is 3. The summed E-state index contributed by atoms with van der Waals surface area (Å²) in [6.07, 6.45) is 6.84. The van der Waals surface area contributed by atoms with Gasteiger partial charge in [-0.05, 0) is 58.2 Å². The zero-order valence-electron chi connectivity index (χ0n) is 16.0. The van der Waals surface area contributed by atoms with E-state index in [1.54, 1.807) is 0 Å². The van der Waals surface area contributed by atoms with Crippen LogP contribution in [0.3, 0.4) is 0 Å². The first-order chi connectivity index (χ1) is 11.8. The minimum atomic E-state index is 0.0231. The van der Waals surface area contributed by atoms with Gasteiger partial charge in [-0.15, -0.1) is 0 Å². The van der Waals surface area contributed by atoms with Gasteiger partial charge in [0.25, 0.3) is 0 Å². The summed E-state index contributed by atoms with van der Waals surface area (Å²) in [7, 11) is 2.04. The van der Waals surface area contributed by atoms with Gasteiger partial charge < -0.3 is 4.90 Å². The second-order valence-electron chi connectivity index (χ2n) is 7.80. The standard InChI is InChI=1S/C21H29BrN2O/c1-15(2)8-10-21-11-13-23(5)25-20(21)24(12-9-16(3)4)19-14-17(22)6-7-18(19)21/h6-9,14,20H,10-13H2,1-5H3. The first-order valence-corrected chi connectivity index (χ1v) is 9.84. The van der Waals surface area contributed by atoms with Crippen molar-refractivity contribution in [3.8, 4) is 0 Å². The number of hydrogen-bond donors (Lipinski definition) is 0. The summed E-state index contributed by atoms with van der Waals surface area (Å²) in [5, 5.41) is 2.00. The summed E-state index contributed by atoms with van der Waals surface area (Å²) >= 11 is 3.66. The molecule has 0 N–H and O–H groups in total. The molecule has 0 spiro atoms. The highest BCUT2D eigenvalue weighted by Crippen LogP contribution is 2.52. The van der Waals surface area contributed by atoms with Crippen molar-refractivity contribution in [3.05, 3.63) is 51.5 Å². The number of allylic oxidation sites excluding steroid dienone is 3. The van der Waals surface area contributed by atoms with E-state index in [4.69, 9.17) is 4.84 Å². The van der Waals surface area contributed by atoms with E-state index in [9.17, 15) is 0 Å². The van der Waals surface area contributed by atoms with Crippen molar-refractivity contribution in [1.29, 1.82) is 0 Å². The number of halogens is 1. The minimum absolute atomic E-state index is 0.0231. The van der Waals surface area contributed by atoms with Crippen LogP contribution in [0.5, 0.6) is 0 Å². The lowest BCUT2D eigenvalue weighted by Gasteiger charge is -2.44. The summed E-state index contributed by atoms with van der Waals surface area (Å²) in [6.45, 7) is 10.5. The first kappa shape index (κ1) is 18.7. The van der Waals surface area contributed by atoms with Crippen molar-refractivity contribution in [2.24, 2.45) is 0 Å². The fraction of sp³-hybridized carbons (Fsp3) is 0.524. The van der Waals surface area contributed by atoms with E-state index in [0.717, 1.165) is 30.4 Å². The monoisotopic (exact) mass is 404 g/mol. The molecule has 2 aliphatic rings. The second-order valence-corrected chi connectivity index (χ2v) is 8.71. The van der Waals surface area contributed by atoms with Crippen LogP contribution in [0.25, 0.3) is 0 Å². The number of rotatable bonds is 4. The smallest absolute Gasteiger partial charge is 0.161 e. The van der Waals surface area contributed by atoms with Crippen LogP contribution in [-0.2, 0) is 10.3 Å². The van der Waals surface area contributed by atoms with Gasteiger partial charge in [0, 0.05) is 35.7 Å². The lowest BCUT2D eigenvalue weighted by molar-refractivity contribution is -0.229. The van der Waals surface area contributed by atoms with Crippen molar-refractivity contribution >= 4 is 21.6 Å². The van der Waals surface area contributed by atoms with E-state index in [2.05, 4.69) is 78.9 Å². The van der Waals surface area contributed by atoms with Crippen LogP contribution >= 0.6 is 15.9 Å². The SMILES string of the molecule is CC(C)=CCN1c2cc(Br)ccc2C2(CC=C(C)C)CCN(C)OC12. The van der Waals surface area contributed by atoms with Gasteiger partial charge >= 0.3 is 0 Å². The number of fused-ring (bicyclic) bond motifs is 3. The van der Waals surface area contributed by atoms with Crippen molar-refractivity contribution in [2.75, 3.05) is 25.0 Å². The maximum Gasteiger partial charge on any atom is 0.161 e. The zero-order chi connectivity index (χ0) is 18.2. The molecule has 1 aromatic rings. The van der Waals surface area contributed by atoms with E-state index >= 15 is 0 Å². The van der Waals surface area contributed by atoms with Gasteiger partial charge in [0.1, 0.15) is 0 Å². The molecule has 0 aromatic heterocycles. The number of anilines is 1. The van der Waals surface area contributed by atoms with Crippen LogP contribution in [0.15, 0.2) is 46.0 Å². The quantitative estimate of drug-likeness (QED) is 0.622. The largest absolute Gasteiger partial charge is 0.340 e. The molecule has 0 amide bonds. The number of benzene rings is 1. The molecule has 1 aromatic carbocycles. The Morgan fingerprint density at radius 3 is 2.64 bits per heavy atom.